The summed E-state index contributed by atoms with van der Waals surface area (Å²) in [5.41, 5.74) is 3.62. The van der Waals surface area contributed by atoms with Crippen LogP contribution in [-0.4, -0.2) is 29.5 Å². The molecule has 3 nitrogen and oxygen atoms in total. The van der Waals surface area contributed by atoms with E-state index in [1.807, 2.05) is 0 Å². The van der Waals surface area contributed by atoms with E-state index in [0.29, 0.717) is 6.54 Å². The molecule has 1 atom stereocenters. The Hall–Kier alpha value is -1.06. The van der Waals surface area contributed by atoms with E-state index in [0.717, 1.165) is 18.5 Å². The van der Waals surface area contributed by atoms with Crippen LogP contribution in [-0.2, 0) is 12.8 Å². The standard InChI is InChI=1S/C13H21NO2/c1-3-10-6-5-7-11(4-2)13(10)14-8-12(16)9-15/h5-7,12,14-16H,3-4,8-9H2,1-2H3. The number of para-hydroxylation sites is 1. The molecule has 1 aromatic rings. The van der Waals surface area contributed by atoms with E-state index in [4.69, 9.17) is 5.11 Å². The largest absolute Gasteiger partial charge is 0.394 e. The third kappa shape index (κ3) is 3.22. The zero-order valence-corrected chi connectivity index (χ0v) is 10.0. The van der Waals surface area contributed by atoms with Gasteiger partial charge in [0.1, 0.15) is 0 Å². The van der Waals surface area contributed by atoms with Crippen LogP contribution in [0.15, 0.2) is 18.2 Å². The number of anilines is 1. The fourth-order valence-electron chi connectivity index (χ4n) is 1.75. The first kappa shape index (κ1) is 13.0. The van der Waals surface area contributed by atoms with Crippen molar-refractivity contribution in [1.29, 1.82) is 0 Å². The van der Waals surface area contributed by atoms with Gasteiger partial charge in [-0.1, -0.05) is 32.0 Å². The zero-order chi connectivity index (χ0) is 12.0. The number of nitrogens with one attached hydrogen (secondary N) is 1. The number of rotatable bonds is 6. The predicted octanol–water partition coefficient (Wildman–Crippen LogP) is 1.58. The molecule has 0 amide bonds. The lowest BCUT2D eigenvalue weighted by molar-refractivity contribution is 0.105. The maximum atomic E-state index is 9.33. The first-order valence-corrected chi connectivity index (χ1v) is 5.86. The molecule has 0 aliphatic rings. The molecule has 3 heteroatoms. The minimum absolute atomic E-state index is 0.206. The Balaban J connectivity index is 2.82. The second-order valence-electron chi connectivity index (χ2n) is 3.88. The average molecular weight is 223 g/mol. The van der Waals surface area contributed by atoms with Crippen molar-refractivity contribution in [2.45, 2.75) is 32.8 Å². The number of aliphatic hydroxyl groups excluding tert-OH is 2. The lowest BCUT2D eigenvalue weighted by Crippen LogP contribution is -2.23. The summed E-state index contributed by atoms with van der Waals surface area (Å²) < 4.78 is 0. The maximum absolute atomic E-state index is 9.33. The monoisotopic (exact) mass is 223 g/mol. The van der Waals surface area contributed by atoms with E-state index in [2.05, 4.69) is 37.4 Å². The lowest BCUT2D eigenvalue weighted by atomic mass is 10.0. The summed E-state index contributed by atoms with van der Waals surface area (Å²) in [6.45, 7) is 4.41. The fraction of sp³-hybridized carbons (Fsp3) is 0.538. The summed E-state index contributed by atoms with van der Waals surface area (Å²) in [5, 5.41) is 21.3. The molecule has 0 heterocycles. The molecule has 1 aromatic carbocycles. The Morgan fingerprint density at radius 2 is 1.75 bits per heavy atom. The van der Waals surface area contributed by atoms with Gasteiger partial charge in [0.2, 0.25) is 0 Å². The molecule has 3 N–H and O–H groups in total. The second kappa shape index (κ2) is 6.51. The molecule has 90 valence electrons. The molecule has 0 aliphatic heterocycles. The molecule has 0 saturated carbocycles. The highest BCUT2D eigenvalue weighted by atomic mass is 16.3. The Labute approximate surface area is 97.1 Å². The topological polar surface area (TPSA) is 52.5 Å². The van der Waals surface area contributed by atoms with E-state index in [9.17, 15) is 5.11 Å². The minimum atomic E-state index is -0.699. The molecule has 1 rings (SSSR count). The summed E-state index contributed by atoms with van der Waals surface area (Å²) in [6, 6.07) is 6.24. The second-order valence-corrected chi connectivity index (χ2v) is 3.88. The third-order valence-electron chi connectivity index (χ3n) is 2.72. The van der Waals surface area contributed by atoms with Crippen molar-refractivity contribution >= 4 is 5.69 Å². The van der Waals surface area contributed by atoms with Gasteiger partial charge in [0.05, 0.1) is 12.7 Å². The highest BCUT2D eigenvalue weighted by Gasteiger charge is 2.07. The molecular formula is C13H21NO2. The number of hydrogen-bond acceptors (Lipinski definition) is 3. The van der Waals surface area contributed by atoms with Gasteiger partial charge in [0.25, 0.3) is 0 Å². The van der Waals surface area contributed by atoms with Gasteiger partial charge in [-0.25, -0.2) is 0 Å². The molecule has 0 saturated heterocycles. The summed E-state index contributed by atoms with van der Waals surface area (Å²) in [7, 11) is 0. The quantitative estimate of drug-likeness (QED) is 0.686. The summed E-state index contributed by atoms with van der Waals surface area (Å²) >= 11 is 0. The molecule has 0 aromatic heterocycles. The van der Waals surface area contributed by atoms with Crippen LogP contribution in [0.25, 0.3) is 0 Å². The number of aryl methyl sites for hydroxylation is 2. The average Bonchev–Trinajstić information content (AvgIpc) is 2.35. The predicted molar refractivity (Wildman–Crippen MR) is 66.8 cm³/mol. The third-order valence-corrected chi connectivity index (χ3v) is 2.72. The van der Waals surface area contributed by atoms with Gasteiger partial charge in [-0.15, -0.1) is 0 Å². The first-order chi connectivity index (χ1) is 7.72. The van der Waals surface area contributed by atoms with Crippen LogP contribution < -0.4 is 5.32 Å². The number of benzene rings is 1. The lowest BCUT2D eigenvalue weighted by Gasteiger charge is -2.17. The van der Waals surface area contributed by atoms with Crippen molar-refractivity contribution < 1.29 is 10.2 Å². The molecule has 0 fully saturated rings. The van der Waals surface area contributed by atoms with Crippen LogP contribution in [0, 0.1) is 0 Å². The Morgan fingerprint density at radius 1 is 1.19 bits per heavy atom. The minimum Gasteiger partial charge on any atom is -0.394 e. The molecule has 1 unspecified atom stereocenters. The normalized spacial score (nSPS) is 12.5. The van der Waals surface area contributed by atoms with Crippen molar-refractivity contribution in [3.63, 3.8) is 0 Å². The van der Waals surface area contributed by atoms with Crippen molar-refractivity contribution in [2.24, 2.45) is 0 Å². The molecule has 0 bridgehead atoms. The van der Waals surface area contributed by atoms with E-state index >= 15 is 0 Å². The summed E-state index contributed by atoms with van der Waals surface area (Å²) in [5.74, 6) is 0. The molecular weight excluding hydrogens is 202 g/mol. The first-order valence-electron chi connectivity index (χ1n) is 5.86. The van der Waals surface area contributed by atoms with E-state index < -0.39 is 6.10 Å². The number of aliphatic hydroxyl groups is 2. The highest BCUT2D eigenvalue weighted by Crippen LogP contribution is 2.22. The summed E-state index contributed by atoms with van der Waals surface area (Å²) in [6.07, 6.45) is 1.23. The van der Waals surface area contributed by atoms with E-state index in [-0.39, 0.29) is 6.61 Å². The van der Waals surface area contributed by atoms with Gasteiger partial charge < -0.3 is 15.5 Å². The maximum Gasteiger partial charge on any atom is 0.0942 e. The van der Waals surface area contributed by atoms with E-state index in [1.54, 1.807) is 0 Å². The zero-order valence-electron chi connectivity index (χ0n) is 10.0. The number of hydrogen-bond donors (Lipinski definition) is 3. The molecule has 16 heavy (non-hydrogen) atoms. The molecule has 0 aliphatic carbocycles. The van der Waals surface area contributed by atoms with Crippen molar-refractivity contribution in [2.75, 3.05) is 18.5 Å². The van der Waals surface area contributed by atoms with Crippen LogP contribution in [0.2, 0.25) is 0 Å². The van der Waals surface area contributed by atoms with Gasteiger partial charge in [-0.3, -0.25) is 0 Å². The summed E-state index contributed by atoms with van der Waals surface area (Å²) in [4.78, 5) is 0. The van der Waals surface area contributed by atoms with Crippen molar-refractivity contribution in [3.05, 3.63) is 29.3 Å². The van der Waals surface area contributed by atoms with Gasteiger partial charge in [-0.05, 0) is 24.0 Å². The van der Waals surface area contributed by atoms with Crippen LogP contribution in [0.1, 0.15) is 25.0 Å². The Bertz CT molecular complexity index is 303. The Kier molecular flexibility index (Phi) is 5.29. The molecule has 0 spiro atoms. The van der Waals surface area contributed by atoms with Gasteiger partial charge in [0.15, 0.2) is 0 Å². The van der Waals surface area contributed by atoms with Crippen LogP contribution in [0.3, 0.4) is 0 Å². The van der Waals surface area contributed by atoms with Gasteiger partial charge >= 0.3 is 0 Å². The fourth-order valence-corrected chi connectivity index (χ4v) is 1.75. The molecule has 0 radical (unpaired) electrons. The van der Waals surface area contributed by atoms with Gasteiger partial charge in [0, 0.05) is 12.2 Å². The van der Waals surface area contributed by atoms with Crippen LogP contribution >= 0.6 is 0 Å². The SMILES string of the molecule is CCc1cccc(CC)c1NCC(O)CO. The van der Waals surface area contributed by atoms with Gasteiger partial charge in [-0.2, -0.15) is 0 Å². The van der Waals surface area contributed by atoms with Crippen molar-refractivity contribution in [1.82, 2.24) is 0 Å². The Morgan fingerprint density at radius 3 is 2.19 bits per heavy atom. The van der Waals surface area contributed by atoms with E-state index in [1.165, 1.54) is 11.1 Å². The highest BCUT2D eigenvalue weighted by molar-refractivity contribution is 5.57. The van der Waals surface area contributed by atoms with Crippen molar-refractivity contribution in [3.8, 4) is 0 Å². The smallest absolute Gasteiger partial charge is 0.0942 e. The van der Waals surface area contributed by atoms with Crippen LogP contribution in [0.5, 0.6) is 0 Å². The van der Waals surface area contributed by atoms with Crippen LogP contribution in [0.4, 0.5) is 5.69 Å².